The molecule has 0 fully saturated rings. The van der Waals surface area contributed by atoms with Crippen molar-refractivity contribution < 1.29 is 9.59 Å². The lowest BCUT2D eigenvalue weighted by Crippen LogP contribution is -2.27. The van der Waals surface area contributed by atoms with Crippen LogP contribution in [0.4, 0.5) is 11.4 Å². The third-order valence-corrected chi connectivity index (χ3v) is 5.26. The van der Waals surface area contributed by atoms with E-state index in [0.717, 1.165) is 21.8 Å². The molecule has 2 heterocycles. The Bertz CT molecular complexity index is 1030. The average Bonchev–Trinajstić information content (AvgIpc) is 3.25. The van der Waals surface area contributed by atoms with Gasteiger partial charge in [-0.1, -0.05) is 20.8 Å². The molecule has 0 radical (unpaired) electrons. The van der Waals surface area contributed by atoms with Crippen molar-refractivity contribution in [2.45, 2.75) is 34.6 Å². The number of nitrogens with zero attached hydrogens (tertiary/aromatic N) is 1. The Morgan fingerprint density at radius 1 is 1.04 bits per heavy atom. The maximum atomic E-state index is 12.5. The minimum Gasteiger partial charge on any atom is -0.325 e. The number of nitrogens with one attached hydrogen (secondary N) is 3. The highest BCUT2D eigenvalue weighted by Crippen LogP contribution is 2.27. The summed E-state index contributed by atoms with van der Waals surface area (Å²) in [7, 11) is 0. The van der Waals surface area contributed by atoms with Gasteiger partial charge in [-0.2, -0.15) is 5.10 Å². The number of H-pyrrole nitrogens is 1. The van der Waals surface area contributed by atoms with E-state index in [2.05, 4.69) is 20.8 Å². The van der Waals surface area contributed by atoms with Crippen molar-refractivity contribution in [2.24, 2.45) is 5.41 Å². The molecule has 7 heteroatoms. The molecule has 146 valence electrons. The Hall–Kier alpha value is -2.93. The predicted octanol–water partition coefficient (Wildman–Crippen LogP) is 4.99. The van der Waals surface area contributed by atoms with Crippen LogP contribution < -0.4 is 10.6 Å². The maximum absolute atomic E-state index is 12.5. The second-order valence-electron chi connectivity index (χ2n) is 7.77. The number of rotatable bonds is 4. The zero-order valence-corrected chi connectivity index (χ0v) is 17.5. The highest BCUT2D eigenvalue weighted by molar-refractivity contribution is 7.15. The largest absolute Gasteiger partial charge is 0.325 e. The number of thiophene rings is 1. The van der Waals surface area contributed by atoms with Crippen LogP contribution in [0, 0.1) is 19.3 Å². The number of hydrogen-bond donors (Lipinski definition) is 3. The zero-order chi connectivity index (χ0) is 20.5. The van der Waals surface area contributed by atoms with Crippen LogP contribution in [0.15, 0.2) is 36.4 Å². The van der Waals surface area contributed by atoms with E-state index in [1.54, 1.807) is 29.5 Å². The molecule has 0 saturated heterocycles. The number of aromatic nitrogens is 2. The van der Waals surface area contributed by atoms with Gasteiger partial charge in [0.05, 0.1) is 10.6 Å². The molecule has 0 aliphatic rings. The van der Waals surface area contributed by atoms with Crippen LogP contribution >= 0.6 is 11.3 Å². The van der Waals surface area contributed by atoms with Crippen molar-refractivity contribution in [3.63, 3.8) is 0 Å². The van der Waals surface area contributed by atoms with E-state index in [0.29, 0.717) is 11.4 Å². The number of carbonyl (C=O) groups excluding carboxylic acids is 2. The molecule has 0 bridgehead atoms. The second kappa shape index (κ2) is 7.59. The van der Waals surface area contributed by atoms with Crippen molar-refractivity contribution in [1.82, 2.24) is 10.2 Å². The number of benzene rings is 1. The van der Waals surface area contributed by atoms with Gasteiger partial charge in [0, 0.05) is 21.7 Å². The number of hydrogen-bond acceptors (Lipinski definition) is 4. The quantitative estimate of drug-likeness (QED) is 0.580. The molecule has 0 aliphatic heterocycles. The first-order valence-corrected chi connectivity index (χ1v) is 9.81. The van der Waals surface area contributed by atoms with E-state index in [4.69, 9.17) is 0 Å². The molecule has 3 N–H and O–H groups in total. The average molecular weight is 397 g/mol. The molecule has 2 amide bonds. The third-order valence-electron chi connectivity index (χ3n) is 4.23. The molecule has 1 aromatic carbocycles. The van der Waals surface area contributed by atoms with Crippen molar-refractivity contribution in [2.75, 3.05) is 10.6 Å². The number of aryl methyl sites for hydroxylation is 2. The van der Waals surface area contributed by atoms with Crippen LogP contribution in [0.1, 0.15) is 41.7 Å². The van der Waals surface area contributed by atoms with Gasteiger partial charge in [-0.15, -0.1) is 11.3 Å². The van der Waals surface area contributed by atoms with E-state index >= 15 is 0 Å². The second-order valence-corrected chi connectivity index (χ2v) is 9.05. The summed E-state index contributed by atoms with van der Waals surface area (Å²) in [5.74, 6) is -0.345. The molecule has 0 atom stereocenters. The van der Waals surface area contributed by atoms with Gasteiger partial charge in [0.1, 0.15) is 0 Å². The lowest BCUT2D eigenvalue weighted by molar-refractivity contribution is -0.123. The number of anilines is 2. The fourth-order valence-corrected chi connectivity index (χ4v) is 3.36. The zero-order valence-electron chi connectivity index (χ0n) is 16.6. The molecule has 3 aromatic rings. The first-order chi connectivity index (χ1) is 13.1. The molecular formula is C21H24N4O2S. The van der Waals surface area contributed by atoms with Gasteiger partial charge in [0.2, 0.25) is 5.91 Å². The van der Waals surface area contributed by atoms with Gasteiger partial charge in [-0.05, 0) is 55.8 Å². The summed E-state index contributed by atoms with van der Waals surface area (Å²) in [6.07, 6.45) is 0. The fraction of sp³-hybridized carbons (Fsp3) is 0.286. The van der Waals surface area contributed by atoms with E-state index in [1.807, 2.05) is 52.8 Å². The van der Waals surface area contributed by atoms with Gasteiger partial charge in [0.25, 0.3) is 5.91 Å². The molecule has 0 unspecified atom stereocenters. The Morgan fingerprint density at radius 2 is 1.79 bits per heavy atom. The van der Waals surface area contributed by atoms with Crippen molar-refractivity contribution in [1.29, 1.82) is 0 Å². The summed E-state index contributed by atoms with van der Waals surface area (Å²) in [5.41, 5.74) is 2.91. The van der Waals surface area contributed by atoms with Crippen LogP contribution in [0.3, 0.4) is 0 Å². The van der Waals surface area contributed by atoms with Crippen molar-refractivity contribution in [3.05, 3.63) is 52.5 Å². The molecule has 2 aromatic heterocycles. The SMILES string of the molecule is Cc1ccc(-c2cc(C(=O)Nc3ccc(NC(=O)C(C)(C)C)c(C)c3)n[nH]2)s1. The summed E-state index contributed by atoms with van der Waals surface area (Å²) >= 11 is 1.64. The van der Waals surface area contributed by atoms with Gasteiger partial charge in [0.15, 0.2) is 5.69 Å². The van der Waals surface area contributed by atoms with Crippen LogP contribution in [0.5, 0.6) is 0 Å². The highest BCUT2D eigenvalue weighted by atomic mass is 32.1. The molecule has 28 heavy (non-hydrogen) atoms. The molecule has 3 rings (SSSR count). The smallest absolute Gasteiger partial charge is 0.276 e. The molecule has 6 nitrogen and oxygen atoms in total. The first-order valence-electron chi connectivity index (χ1n) is 8.99. The summed E-state index contributed by atoms with van der Waals surface area (Å²) in [6.45, 7) is 9.51. The Morgan fingerprint density at radius 3 is 2.39 bits per heavy atom. The van der Waals surface area contributed by atoms with Crippen molar-refractivity contribution in [3.8, 4) is 10.6 Å². The van der Waals surface area contributed by atoms with Gasteiger partial charge in [-0.3, -0.25) is 14.7 Å². The molecular weight excluding hydrogens is 372 g/mol. The minimum absolute atomic E-state index is 0.0553. The molecule has 0 spiro atoms. The normalized spacial score (nSPS) is 11.3. The third kappa shape index (κ3) is 4.48. The number of amides is 2. The van der Waals surface area contributed by atoms with Crippen molar-refractivity contribution >= 4 is 34.5 Å². The van der Waals surface area contributed by atoms with Crippen LogP contribution in [0.2, 0.25) is 0 Å². The number of aromatic amines is 1. The summed E-state index contributed by atoms with van der Waals surface area (Å²) in [6, 6.07) is 11.2. The van der Waals surface area contributed by atoms with Gasteiger partial charge in [-0.25, -0.2) is 0 Å². The predicted molar refractivity (Wildman–Crippen MR) is 114 cm³/mol. The van der Waals surface area contributed by atoms with Gasteiger partial charge < -0.3 is 10.6 Å². The summed E-state index contributed by atoms with van der Waals surface area (Å²) < 4.78 is 0. The lowest BCUT2D eigenvalue weighted by atomic mass is 9.95. The molecule has 0 saturated carbocycles. The Balaban J connectivity index is 1.70. The highest BCUT2D eigenvalue weighted by Gasteiger charge is 2.21. The van der Waals surface area contributed by atoms with Crippen LogP contribution in [-0.4, -0.2) is 22.0 Å². The lowest BCUT2D eigenvalue weighted by Gasteiger charge is -2.19. The monoisotopic (exact) mass is 396 g/mol. The van der Waals surface area contributed by atoms with Crippen LogP contribution in [0.25, 0.3) is 10.6 Å². The Labute approximate surface area is 168 Å². The van der Waals surface area contributed by atoms with E-state index in [1.165, 1.54) is 4.88 Å². The number of carbonyl (C=O) groups is 2. The van der Waals surface area contributed by atoms with E-state index in [9.17, 15) is 9.59 Å². The maximum Gasteiger partial charge on any atom is 0.276 e. The summed E-state index contributed by atoms with van der Waals surface area (Å²) in [4.78, 5) is 26.9. The van der Waals surface area contributed by atoms with E-state index in [-0.39, 0.29) is 11.8 Å². The topological polar surface area (TPSA) is 86.9 Å². The first kappa shape index (κ1) is 19.8. The fourth-order valence-electron chi connectivity index (χ4n) is 2.53. The van der Waals surface area contributed by atoms with E-state index < -0.39 is 5.41 Å². The Kier molecular flexibility index (Phi) is 5.38. The van der Waals surface area contributed by atoms with Gasteiger partial charge >= 0.3 is 0 Å². The summed E-state index contributed by atoms with van der Waals surface area (Å²) in [5, 5.41) is 12.8. The minimum atomic E-state index is -0.474. The van der Waals surface area contributed by atoms with Crippen LogP contribution in [-0.2, 0) is 4.79 Å². The standard InChI is InChI=1S/C21H24N4O2S/c1-12-10-14(7-8-15(12)23-20(27)21(3,4)5)22-19(26)17-11-16(24-25-17)18-9-6-13(2)28-18/h6-11H,1-5H3,(H,22,26)(H,23,27)(H,24,25). The molecule has 0 aliphatic carbocycles.